The fourth-order valence-corrected chi connectivity index (χ4v) is 4.01. The number of likely N-dealkylation sites (N-methyl/N-ethyl adjacent to an activating group) is 1. The number of nitrogens with zero attached hydrogens (tertiary/aromatic N) is 3. The van der Waals surface area contributed by atoms with Gasteiger partial charge in [0.1, 0.15) is 0 Å². The number of hydrogen-bond acceptors (Lipinski definition) is 6. The van der Waals surface area contributed by atoms with Gasteiger partial charge in [-0.05, 0) is 30.7 Å². The molecule has 0 saturated carbocycles. The molecule has 0 bridgehead atoms. The van der Waals surface area contributed by atoms with Crippen LogP contribution in [-0.2, 0) is 11.3 Å². The summed E-state index contributed by atoms with van der Waals surface area (Å²) >= 11 is 0. The number of piperazine rings is 1. The molecule has 2 aromatic rings. The maximum absolute atomic E-state index is 12.9. The molecule has 1 heterocycles. The van der Waals surface area contributed by atoms with Crippen molar-refractivity contribution < 1.29 is 19.0 Å². The molecule has 2 aromatic carbocycles. The van der Waals surface area contributed by atoms with E-state index in [4.69, 9.17) is 14.2 Å². The molecule has 1 saturated heterocycles. The summed E-state index contributed by atoms with van der Waals surface area (Å²) in [6.45, 7) is 6.57. The van der Waals surface area contributed by atoms with E-state index in [1.54, 1.807) is 26.2 Å². The molecule has 7 heteroatoms. The first-order chi connectivity index (χ1) is 15.0. The molecule has 0 N–H and O–H groups in total. The SMILES string of the molecule is COc1ccc(CN(C)C(=O)CN2CCN(c3ccccc3C)CC2)c(OC)c1OC. The van der Waals surface area contributed by atoms with Crippen molar-refractivity contribution in [1.82, 2.24) is 9.80 Å². The van der Waals surface area contributed by atoms with Gasteiger partial charge >= 0.3 is 0 Å². The van der Waals surface area contributed by atoms with E-state index in [-0.39, 0.29) is 5.91 Å². The van der Waals surface area contributed by atoms with Crippen molar-refractivity contribution >= 4 is 11.6 Å². The zero-order valence-electron chi connectivity index (χ0n) is 19.2. The average Bonchev–Trinajstić information content (AvgIpc) is 2.79. The van der Waals surface area contributed by atoms with E-state index in [0.717, 1.165) is 31.7 Å². The Bertz CT molecular complexity index is 894. The number of ether oxygens (including phenoxy) is 3. The highest BCUT2D eigenvalue weighted by molar-refractivity contribution is 5.78. The van der Waals surface area contributed by atoms with Gasteiger partial charge in [0.05, 0.1) is 27.9 Å². The molecule has 1 fully saturated rings. The van der Waals surface area contributed by atoms with E-state index in [0.29, 0.717) is 30.3 Å². The Kier molecular flexibility index (Phi) is 7.63. The second-order valence-corrected chi connectivity index (χ2v) is 7.79. The van der Waals surface area contributed by atoms with Gasteiger partial charge in [-0.25, -0.2) is 0 Å². The van der Waals surface area contributed by atoms with Crippen molar-refractivity contribution in [2.24, 2.45) is 0 Å². The van der Waals surface area contributed by atoms with Crippen molar-refractivity contribution in [3.63, 3.8) is 0 Å². The molecule has 7 nitrogen and oxygen atoms in total. The van der Waals surface area contributed by atoms with Crippen LogP contribution < -0.4 is 19.1 Å². The third kappa shape index (κ3) is 5.22. The number of anilines is 1. The summed E-state index contributed by atoms with van der Waals surface area (Å²) < 4.78 is 16.3. The lowest BCUT2D eigenvalue weighted by Gasteiger charge is -2.37. The van der Waals surface area contributed by atoms with Gasteiger partial charge in [-0.15, -0.1) is 0 Å². The Morgan fingerprint density at radius 3 is 2.23 bits per heavy atom. The van der Waals surface area contributed by atoms with Crippen molar-refractivity contribution in [1.29, 1.82) is 0 Å². The number of para-hydroxylation sites is 1. The fourth-order valence-electron chi connectivity index (χ4n) is 4.01. The number of carbonyl (C=O) groups excluding carboxylic acids is 1. The molecule has 168 valence electrons. The van der Waals surface area contributed by atoms with Crippen LogP contribution in [0, 0.1) is 6.92 Å². The van der Waals surface area contributed by atoms with Crippen molar-refractivity contribution in [2.75, 3.05) is 66.0 Å². The maximum Gasteiger partial charge on any atom is 0.236 e. The van der Waals surface area contributed by atoms with Crippen LogP contribution in [0.2, 0.25) is 0 Å². The van der Waals surface area contributed by atoms with Gasteiger partial charge in [-0.3, -0.25) is 9.69 Å². The van der Waals surface area contributed by atoms with E-state index in [2.05, 4.69) is 41.0 Å². The van der Waals surface area contributed by atoms with Crippen LogP contribution in [0.1, 0.15) is 11.1 Å². The third-order valence-electron chi connectivity index (χ3n) is 5.81. The molecule has 1 amide bonds. The van der Waals surface area contributed by atoms with Crippen LogP contribution in [0.4, 0.5) is 5.69 Å². The first kappa shape index (κ1) is 22.7. The predicted molar refractivity (Wildman–Crippen MR) is 122 cm³/mol. The van der Waals surface area contributed by atoms with E-state index in [1.807, 2.05) is 19.2 Å². The summed E-state index contributed by atoms with van der Waals surface area (Å²) in [5.74, 6) is 1.81. The number of rotatable bonds is 8. The van der Waals surface area contributed by atoms with Gasteiger partial charge in [0.25, 0.3) is 0 Å². The Hall–Kier alpha value is -2.93. The Balaban J connectivity index is 1.58. The summed E-state index contributed by atoms with van der Waals surface area (Å²) in [4.78, 5) is 19.2. The highest BCUT2D eigenvalue weighted by atomic mass is 16.5. The second kappa shape index (κ2) is 10.4. The molecule has 1 aliphatic heterocycles. The molecule has 0 aromatic heterocycles. The lowest BCUT2D eigenvalue weighted by atomic mass is 10.1. The van der Waals surface area contributed by atoms with Crippen LogP contribution in [0.5, 0.6) is 17.2 Å². The number of methoxy groups -OCH3 is 3. The summed E-state index contributed by atoms with van der Waals surface area (Å²) in [7, 11) is 6.58. The van der Waals surface area contributed by atoms with Crippen LogP contribution in [0.15, 0.2) is 36.4 Å². The van der Waals surface area contributed by atoms with E-state index < -0.39 is 0 Å². The molecule has 3 rings (SSSR count). The number of benzene rings is 2. The topological polar surface area (TPSA) is 54.5 Å². The molecule has 0 unspecified atom stereocenters. The minimum Gasteiger partial charge on any atom is -0.493 e. The van der Waals surface area contributed by atoms with Gasteiger partial charge in [-0.1, -0.05) is 18.2 Å². The number of hydrogen-bond donors (Lipinski definition) is 0. The molecule has 0 atom stereocenters. The zero-order chi connectivity index (χ0) is 22.4. The van der Waals surface area contributed by atoms with Crippen molar-refractivity contribution in [3.8, 4) is 17.2 Å². The molecular formula is C24H33N3O4. The summed E-state index contributed by atoms with van der Waals surface area (Å²) in [5.41, 5.74) is 3.45. The van der Waals surface area contributed by atoms with Crippen LogP contribution in [0.3, 0.4) is 0 Å². The first-order valence-corrected chi connectivity index (χ1v) is 10.5. The number of aryl methyl sites for hydroxylation is 1. The number of amides is 1. The third-order valence-corrected chi connectivity index (χ3v) is 5.81. The standard InChI is InChI=1S/C24H33N3O4/c1-18-8-6-7-9-20(18)27-14-12-26(13-15-27)17-22(28)25(2)16-19-10-11-21(29-3)24(31-5)23(19)30-4/h6-11H,12-17H2,1-5H3. The van der Waals surface area contributed by atoms with Crippen LogP contribution >= 0.6 is 0 Å². The molecule has 0 aliphatic carbocycles. The van der Waals surface area contributed by atoms with E-state index in [9.17, 15) is 4.79 Å². The fraction of sp³-hybridized carbons (Fsp3) is 0.458. The van der Waals surface area contributed by atoms with Gasteiger partial charge < -0.3 is 24.0 Å². The summed E-state index contributed by atoms with van der Waals surface area (Å²) in [6.07, 6.45) is 0. The first-order valence-electron chi connectivity index (χ1n) is 10.5. The normalized spacial score (nSPS) is 14.3. The van der Waals surface area contributed by atoms with Crippen LogP contribution in [0.25, 0.3) is 0 Å². The summed E-state index contributed by atoms with van der Waals surface area (Å²) in [6, 6.07) is 12.2. The Morgan fingerprint density at radius 2 is 1.61 bits per heavy atom. The smallest absolute Gasteiger partial charge is 0.236 e. The highest BCUT2D eigenvalue weighted by Crippen LogP contribution is 2.40. The van der Waals surface area contributed by atoms with E-state index >= 15 is 0 Å². The van der Waals surface area contributed by atoms with Crippen molar-refractivity contribution in [3.05, 3.63) is 47.5 Å². The molecular weight excluding hydrogens is 394 g/mol. The monoisotopic (exact) mass is 427 g/mol. The quantitative estimate of drug-likeness (QED) is 0.646. The molecule has 1 aliphatic rings. The average molecular weight is 428 g/mol. The van der Waals surface area contributed by atoms with Gasteiger partial charge in [0.2, 0.25) is 11.7 Å². The lowest BCUT2D eigenvalue weighted by Crippen LogP contribution is -2.49. The predicted octanol–water partition coefficient (Wildman–Crippen LogP) is 2.80. The minimum absolute atomic E-state index is 0.0844. The van der Waals surface area contributed by atoms with Gasteiger partial charge in [0, 0.05) is 51.0 Å². The highest BCUT2D eigenvalue weighted by Gasteiger charge is 2.23. The second-order valence-electron chi connectivity index (χ2n) is 7.79. The zero-order valence-corrected chi connectivity index (χ0v) is 19.2. The van der Waals surface area contributed by atoms with Crippen molar-refractivity contribution in [2.45, 2.75) is 13.5 Å². The minimum atomic E-state index is 0.0844. The maximum atomic E-state index is 12.9. The number of carbonyl (C=O) groups is 1. The molecule has 31 heavy (non-hydrogen) atoms. The summed E-state index contributed by atoms with van der Waals surface area (Å²) in [5, 5.41) is 0. The largest absolute Gasteiger partial charge is 0.493 e. The van der Waals surface area contributed by atoms with Gasteiger partial charge in [-0.2, -0.15) is 0 Å². The lowest BCUT2D eigenvalue weighted by molar-refractivity contribution is -0.131. The van der Waals surface area contributed by atoms with Gasteiger partial charge in [0.15, 0.2) is 11.5 Å². The Morgan fingerprint density at radius 1 is 0.935 bits per heavy atom. The molecule has 0 radical (unpaired) electrons. The molecule has 0 spiro atoms. The van der Waals surface area contributed by atoms with Crippen LogP contribution in [-0.4, -0.2) is 76.8 Å². The Labute approximate surface area is 185 Å². The van der Waals surface area contributed by atoms with E-state index in [1.165, 1.54) is 11.3 Å².